The van der Waals surface area contributed by atoms with Crippen molar-refractivity contribution >= 4 is 29.5 Å². The molecule has 36 heavy (non-hydrogen) atoms. The minimum Gasteiger partial charge on any atom is -0.464 e. The highest BCUT2D eigenvalue weighted by Gasteiger charge is 2.26. The van der Waals surface area contributed by atoms with Crippen LogP contribution in [-0.2, 0) is 20.9 Å². The Kier molecular flexibility index (Phi) is 9.61. The van der Waals surface area contributed by atoms with E-state index in [2.05, 4.69) is 20.9 Å². The Bertz CT molecular complexity index is 1220. The molecule has 188 valence electrons. The Hall–Kier alpha value is -4.15. The minimum atomic E-state index is -0.430. The Morgan fingerprint density at radius 1 is 1.25 bits per heavy atom. The Balaban J connectivity index is 0.000000338. The average Bonchev–Trinajstić information content (AvgIpc) is 3.32. The van der Waals surface area contributed by atoms with E-state index in [4.69, 9.17) is 10.5 Å². The van der Waals surface area contributed by atoms with Crippen molar-refractivity contribution in [3.05, 3.63) is 77.9 Å². The Morgan fingerprint density at radius 2 is 2.08 bits per heavy atom. The molecule has 1 fully saturated rings. The number of esters is 1. The second kappa shape index (κ2) is 13.1. The number of ether oxygens (including phenoxy) is 1. The number of amides is 1. The number of aromatic nitrogens is 1. The monoisotopic (exact) mass is 493 g/mol. The molecular weight excluding hydrogens is 465 g/mol. The molecule has 2 aromatic carbocycles. The average molecular weight is 494 g/mol. The lowest BCUT2D eigenvalue weighted by Crippen LogP contribution is -2.38. The summed E-state index contributed by atoms with van der Waals surface area (Å²) >= 11 is 0. The molecule has 0 spiro atoms. The van der Waals surface area contributed by atoms with E-state index in [-0.39, 0.29) is 24.2 Å². The normalized spacial score (nSPS) is 14.3. The molecule has 9 nitrogen and oxygen atoms in total. The topological polar surface area (TPSA) is 135 Å². The van der Waals surface area contributed by atoms with Gasteiger partial charge >= 0.3 is 5.97 Å². The second-order valence-electron chi connectivity index (χ2n) is 7.86. The van der Waals surface area contributed by atoms with Crippen molar-refractivity contribution < 1.29 is 23.5 Å². The number of cyclic esters (lactones) is 1. The summed E-state index contributed by atoms with van der Waals surface area (Å²) in [6.45, 7) is 0.731. The zero-order chi connectivity index (χ0) is 25.9. The molecule has 2 heterocycles. The molecule has 1 amide bonds. The van der Waals surface area contributed by atoms with Gasteiger partial charge in [0.05, 0.1) is 25.0 Å². The first kappa shape index (κ1) is 26.5. The molecule has 1 atom stereocenters. The number of carbonyl (C=O) groups excluding carboxylic acids is 3. The third kappa shape index (κ3) is 7.17. The third-order valence-electron chi connectivity index (χ3n) is 5.43. The van der Waals surface area contributed by atoms with Crippen LogP contribution in [0, 0.1) is 5.82 Å². The third-order valence-corrected chi connectivity index (χ3v) is 5.43. The van der Waals surface area contributed by atoms with Crippen LogP contribution < -0.4 is 21.7 Å². The summed E-state index contributed by atoms with van der Waals surface area (Å²) in [5, 5.41) is 8.37. The van der Waals surface area contributed by atoms with Gasteiger partial charge in [0.2, 0.25) is 5.91 Å². The number of halogens is 1. The molecular formula is C26H28FN5O4. The molecule has 10 heteroatoms. The number of benzene rings is 2. The molecule has 1 aromatic heterocycles. The van der Waals surface area contributed by atoms with Crippen molar-refractivity contribution in [3.8, 4) is 11.1 Å². The fourth-order valence-corrected chi connectivity index (χ4v) is 3.56. The number of nitrogens with two attached hydrogens (primary N) is 1. The predicted molar refractivity (Wildman–Crippen MR) is 135 cm³/mol. The van der Waals surface area contributed by atoms with E-state index in [0.717, 1.165) is 23.0 Å². The van der Waals surface area contributed by atoms with Gasteiger partial charge in [0, 0.05) is 37.5 Å². The molecule has 0 aliphatic carbocycles. The Morgan fingerprint density at radius 3 is 2.72 bits per heavy atom. The summed E-state index contributed by atoms with van der Waals surface area (Å²) in [4.78, 5) is 38.2. The van der Waals surface area contributed by atoms with E-state index in [9.17, 15) is 18.8 Å². The molecule has 5 N–H and O–H groups in total. The van der Waals surface area contributed by atoms with Gasteiger partial charge in [-0.05, 0) is 41.0 Å². The summed E-state index contributed by atoms with van der Waals surface area (Å²) in [5.41, 5.74) is 10.1. The van der Waals surface area contributed by atoms with Crippen LogP contribution in [0.1, 0.15) is 22.3 Å². The van der Waals surface area contributed by atoms with Crippen molar-refractivity contribution in [2.45, 2.75) is 19.0 Å². The zero-order valence-corrected chi connectivity index (χ0v) is 19.8. The summed E-state index contributed by atoms with van der Waals surface area (Å²) < 4.78 is 17.3. The lowest BCUT2D eigenvalue weighted by atomic mass is 9.97. The van der Waals surface area contributed by atoms with Gasteiger partial charge in [-0.2, -0.15) is 0 Å². The van der Waals surface area contributed by atoms with Gasteiger partial charge in [0.15, 0.2) is 5.82 Å². The van der Waals surface area contributed by atoms with Crippen LogP contribution >= 0.6 is 0 Å². The number of anilines is 2. The SMILES string of the molecule is CNc1ccncc1F.NCc1ccc(C=O)cc1-c1cccc(NC(=O)CNC2CCOC2=O)c1. The maximum absolute atomic E-state index is 12.5. The molecule has 1 saturated heterocycles. The van der Waals surface area contributed by atoms with Gasteiger partial charge in [-0.3, -0.25) is 24.7 Å². The highest BCUT2D eigenvalue weighted by atomic mass is 19.1. The summed E-state index contributed by atoms with van der Waals surface area (Å²) in [5.74, 6) is -0.901. The largest absolute Gasteiger partial charge is 0.464 e. The van der Waals surface area contributed by atoms with Crippen molar-refractivity contribution in [2.75, 3.05) is 30.8 Å². The van der Waals surface area contributed by atoms with E-state index in [0.29, 0.717) is 36.5 Å². The summed E-state index contributed by atoms with van der Waals surface area (Å²) in [6, 6.07) is 13.8. The first-order valence-corrected chi connectivity index (χ1v) is 11.3. The molecule has 4 rings (SSSR count). The van der Waals surface area contributed by atoms with Crippen LogP contribution in [0.2, 0.25) is 0 Å². The van der Waals surface area contributed by atoms with Gasteiger partial charge in [-0.25, -0.2) is 4.39 Å². The second-order valence-corrected chi connectivity index (χ2v) is 7.86. The van der Waals surface area contributed by atoms with Gasteiger partial charge in [0.25, 0.3) is 0 Å². The molecule has 0 saturated carbocycles. The predicted octanol–water partition coefficient (Wildman–Crippen LogP) is 2.73. The zero-order valence-electron chi connectivity index (χ0n) is 19.8. The van der Waals surface area contributed by atoms with E-state index in [1.807, 2.05) is 24.3 Å². The number of carbonyl (C=O) groups is 3. The fourth-order valence-electron chi connectivity index (χ4n) is 3.56. The Labute approximate surface area is 208 Å². The van der Waals surface area contributed by atoms with Crippen molar-refractivity contribution in [1.82, 2.24) is 10.3 Å². The number of hydrogen-bond donors (Lipinski definition) is 4. The molecule has 1 unspecified atom stereocenters. The molecule has 1 aliphatic rings. The van der Waals surface area contributed by atoms with Crippen molar-refractivity contribution in [3.63, 3.8) is 0 Å². The quantitative estimate of drug-likeness (QED) is 0.278. The van der Waals surface area contributed by atoms with Gasteiger partial charge < -0.3 is 21.1 Å². The number of aldehydes is 1. The van der Waals surface area contributed by atoms with Crippen LogP contribution in [-0.4, -0.2) is 49.4 Å². The highest BCUT2D eigenvalue weighted by molar-refractivity contribution is 5.93. The van der Waals surface area contributed by atoms with Crippen LogP contribution in [0.15, 0.2) is 60.9 Å². The number of hydrogen-bond acceptors (Lipinski definition) is 8. The number of rotatable bonds is 8. The van der Waals surface area contributed by atoms with E-state index >= 15 is 0 Å². The molecule has 0 radical (unpaired) electrons. The van der Waals surface area contributed by atoms with Gasteiger partial charge in [-0.1, -0.05) is 24.3 Å². The van der Waals surface area contributed by atoms with Crippen LogP contribution in [0.4, 0.5) is 15.8 Å². The molecule has 1 aliphatic heterocycles. The number of nitrogens with zero attached hydrogens (tertiary/aromatic N) is 1. The first-order valence-electron chi connectivity index (χ1n) is 11.3. The lowest BCUT2D eigenvalue weighted by Gasteiger charge is -2.12. The highest BCUT2D eigenvalue weighted by Crippen LogP contribution is 2.27. The first-order chi connectivity index (χ1) is 17.4. The molecule has 3 aromatic rings. The van der Waals surface area contributed by atoms with Crippen molar-refractivity contribution in [2.24, 2.45) is 5.73 Å². The van der Waals surface area contributed by atoms with Crippen LogP contribution in [0.25, 0.3) is 11.1 Å². The van der Waals surface area contributed by atoms with Crippen molar-refractivity contribution in [1.29, 1.82) is 0 Å². The maximum atomic E-state index is 12.5. The van der Waals surface area contributed by atoms with Crippen LogP contribution in [0.5, 0.6) is 0 Å². The van der Waals surface area contributed by atoms with Crippen LogP contribution in [0.3, 0.4) is 0 Å². The van der Waals surface area contributed by atoms with E-state index in [1.54, 1.807) is 31.3 Å². The smallest absolute Gasteiger partial charge is 0.323 e. The van der Waals surface area contributed by atoms with E-state index in [1.165, 1.54) is 12.4 Å². The van der Waals surface area contributed by atoms with Gasteiger partial charge in [0.1, 0.15) is 12.3 Å². The summed E-state index contributed by atoms with van der Waals surface area (Å²) in [6.07, 6.45) is 4.06. The fraction of sp³-hybridized carbons (Fsp3) is 0.231. The number of nitrogens with one attached hydrogen (secondary N) is 3. The lowest BCUT2D eigenvalue weighted by molar-refractivity contribution is -0.139. The molecule has 0 bridgehead atoms. The number of pyridine rings is 1. The van der Waals surface area contributed by atoms with E-state index < -0.39 is 6.04 Å². The summed E-state index contributed by atoms with van der Waals surface area (Å²) in [7, 11) is 1.67. The van der Waals surface area contributed by atoms with Gasteiger partial charge in [-0.15, -0.1) is 0 Å². The standard InChI is InChI=1S/C20H21N3O4.C6H7FN2/c21-10-15-5-4-13(12-24)8-17(15)14-2-1-3-16(9-14)23-19(25)11-22-18-6-7-27-20(18)26;1-8-6-2-3-9-4-5(6)7/h1-5,8-9,12,18,22H,6-7,10-11,21H2,(H,23,25);2-4H,1H3,(H,8,9). The maximum Gasteiger partial charge on any atom is 0.323 e. The minimum absolute atomic E-state index is 0.0126.